The molecule has 0 bridgehead atoms. The molecule has 0 unspecified atom stereocenters. The minimum atomic E-state index is -0.773. The first-order valence-corrected chi connectivity index (χ1v) is 8.97. The number of furan rings is 1. The molecule has 0 fully saturated rings. The highest BCUT2D eigenvalue weighted by molar-refractivity contribution is 6.07. The lowest BCUT2D eigenvalue weighted by molar-refractivity contribution is 0.0447. The van der Waals surface area contributed by atoms with Gasteiger partial charge < -0.3 is 19.6 Å². The molecule has 4 heterocycles. The molecule has 0 saturated heterocycles. The Bertz CT molecular complexity index is 1290. The van der Waals surface area contributed by atoms with E-state index in [0.29, 0.717) is 5.76 Å². The molecule has 0 spiro atoms. The van der Waals surface area contributed by atoms with Gasteiger partial charge in [0.05, 0.1) is 12.0 Å². The summed E-state index contributed by atoms with van der Waals surface area (Å²) >= 11 is 0. The number of nitrogens with two attached hydrogens (primary N) is 1. The van der Waals surface area contributed by atoms with Crippen LogP contribution < -0.4 is 5.73 Å². The van der Waals surface area contributed by atoms with Crippen molar-refractivity contribution < 1.29 is 23.5 Å². The Balaban J connectivity index is 1.57. The highest BCUT2D eigenvalue weighted by atomic mass is 16.5. The molecule has 0 amide bonds. The van der Waals surface area contributed by atoms with E-state index in [9.17, 15) is 9.59 Å². The van der Waals surface area contributed by atoms with Gasteiger partial charge >= 0.3 is 11.9 Å². The normalized spacial score (nSPS) is 11.2. The number of aromatic nitrogens is 6. The molecule has 0 aliphatic carbocycles. The van der Waals surface area contributed by atoms with Crippen LogP contribution in [0.5, 0.6) is 0 Å². The quantitative estimate of drug-likeness (QED) is 0.472. The maximum atomic E-state index is 12.3. The minimum Gasteiger partial charge on any atom is -0.462 e. The van der Waals surface area contributed by atoms with Gasteiger partial charge in [0.2, 0.25) is 5.71 Å². The average Bonchev–Trinajstić information content (AvgIpc) is 3.28. The molecule has 4 rings (SSSR count). The van der Waals surface area contributed by atoms with Crippen molar-refractivity contribution in [3.63, 3.8) is 0 Å². The lowest BCUT2D eigenvalue weighted by atomic mass is 10.2. The van der Waals surface area contributed by atoms with Crippen molar-refractivity contribution in [1.82, 2.24) is 29.5 Å². The van der Waals surface area contributed by atoms with Crippen LogP contribution in [0.15, 0.2) is 16.7 Å². The predicted molar refractivity (Wildman–Crippen MR) is 102 cm³/mol. The van der Waals surface area contributed by atoms with E-state index in [1.807, 2.05) is 0 Å². The van der Waals surface area contributed by atoms with Crippen LogP contribution in [0.4, 0.5) is 5.82 Å². The molecular weight excluding hydrogens is 394 g/mol. The first kappa shape index (κ1) is 19.2. The van der Waals surface area contributed by atoms with Crippen molar-refractivity contribution in [2.45, 2.75) is 27.4 Å². The first-order chi connectivity index (χ1) is 14.4. The predicted octanol–water partition coefficient (Wildman–Crippen LogP) is 1.39. The highest BCUT2D eigenvalue weighted by Gasteiger charge is 2.24. The molecule has 12 heteroatoms. The topological polar surface area (TPSA) is 161 Å². The highest BCUT2D eigenvalue weighted by Crippen LogP contribution is 2.29. The number of nitrogens with zero attached hydrogens (tertiary/aromatic N) is 6. The number of carbonyl (C=O) groups excluding carboxylic acids is 2. The van der Waals surface area contributed by atoms with Gasteiger partial charge in [-0.05, 0) is 26.8 Å². The Hall–Kier alpha value is -4.09. The summed E-state index contributed by atoms with van der Waals surface area (Å²) in [4.78, 5) is 40.8. The van der Waals surface area contributed by atoms with Gasteiger partial charge in [0.1, 0.15) is 17.1 Å². The van der Waals surface area contributed by atoms with E-state index in [0.717, 1.165) is 5.69 Å². The standard InChI is InChI=1S/C18H17N7O5/c1-4-28-16(26)11-9(3)30-15-12(11)13(19)21-10(22-15)7-29-17(27)14-23-18-20-6-5-8(2)25(18)24-14/h5-6H,4,7H2,1-3H3,(H2,19,21,22). The summed E-state index contributed by atoms with van der Waals surface area (Å²) in [7, 11) is 0. The summed E-state index contributed by atoms with van der Waals surface area (Å²) < 4.78 is 17.2. The molecule has 0 aliphatic heterocycles. The SMILES string of the molecule is CCOC(=O)c1c(C)oc2nc(COC(=O)c3nc4nccc(C)n4n3)nc(N)c12. The van der Waals surface area contributed by atoms with Crippen molar-refractivity contribution >= 4 is 34.6 Å². The van der Waals surface area contributed by atoms with Gasteiger partial charge in [0.25, 0.3) is 11.6 Å². The molecule has 0 radical (unpaired) electrons. The van der Waals surface area contributed by atoms with Crippen molar-refractivity contribution in [1.29, 1.82) is 0 Å². The lowest BCUT2D eigenvalue weighted by Crippen LogP contribution is -2.11. The second-order valence-electron chi connectivity index (χ2n) is 6.27. The number of nitrogen functional groups attached to an aromatic ring is 1. The third kappa shape index (κ3) is 3.27. The third-order valence-electron chi connectivity index (χ3n) is 4.23. The Morgan fingerprint density at radius 3 is 2.70 bits per heavy atom. The van der Waals surface area contributed by atoms with E-state index in [1.165, 1.54) is 4.52 Å². The zero-order chi connectivity index (χ0) is 21.4. The Labute approximate surface area is 169 Å². The number of carbonyl (C=O) groups is 2. The Kier molecular flexibility index (Phi) is 4.74. The van der Waals surface area contributed by atoms with Crippen LogP contribution in [0.25, 0.3) is 16.9 Å². The smallest absolute Gasteiger partial charge is 0.378 e. The Morgan fingerprint density at radius 2 is 1.97 bits per heavy atom. The largest absolute Gasteiger partial charge is 0.462 e. The van der Waals surface area contributed by atoms with Gasteiger partial charge in [-0.25, -0.2) is 24.1 Å². The third-order valence-corrected chi connectivity index (χ3v) is 4.23. The summed E-state index contributed by atoms with van der Waals surface area (Å²) in [5, 5.41) is 4.33. The molecule has 0 atom stereocenters. The van der Waals surface area contributed by atoms with Gasteiger partial charge in [0, 0.05) is 11.9 Å². The summed E-state index contributed by atoms with van der Waals surface area (Å²) in [5.41, 5.74) is 7.03. The second kappa shape index (κ2) is 7.39. The molecule has 12 nitrogen and oxygen atoms in total. The zero-order valence-electron chi connectivity index (χ0n) is 16.4. The summed E-state index contributed by atoms with van der Waals surface area (Å²) in [6.07, 6.45) is 1.57. The van der Waals surface area contributed by atoms with Crippen LogP contribution in [0.1, 0.15) is 45.2 Å². The molecule has 0 saturated carbocycles. The van der Waals surface area contributed by atoms with Gasteiger partial charge in [-0.2, -0.15) is 9.97 Å². The lowest BCUT2D eigenvalue weighted by Gasteiger charge is -2.04. The number of esters is 2. The molecule has 30 heavy (non-hydrogen) atoms. The van der Waals surface area contributed by atoms with Crippen molar-refractivity contribution in [3.8, 4) is 0 Å². The monoisotopic (exact) mass is 411 g/mol. The number of fused-ring (bicyclic) bond motifs is 2. The zero-order valence-corrected chi connectivity index (χ0v) is 16.4. The fourth-order valence-electron chi connectivity index (χ4n) is 2.88. The van der Waals surface area contributed by atoms with Crippen molar-refractivity contribution in [3.05, 3.63) is 40.9 Å². The molecule has 4 aromatic rings. The number of ether oxygens (including phenoxy) is 2. The summed E-state index contributed by atoms with van der Waals surface area (Å²) in [6, 6.07) is 1.73. The number of hydrogen-bond acceptors (Lipinski definition) is 11. The van der Waals surface area contributed by atoms with E-state index in [-0.39, 0.29) is 53.1 Å². The maximum Gasteiger partial charge on any atom is 0.378 e. The van der Waals surface area contributed by atoms with Gasteiger partial charge in [-0.3, -0.25) is 0 Å². The minimum absolute atomic E-state index is 0.0108. The second-order valence-corrected chi connectivity index (χ2v) is 6.27. The van der Waals surface area contributed by atoms with Crippen molar-refractivity contribution in [2.75, 3.05) is 12.3 Å². The molecular formula is C18H17N7O5. The van der Waals surface area contributed by atoms with Gasteiger partial charge in [-0.1, -0.05) is 0 Å². The number of anilines is 1. The molecule has 4 aromatic heterocycles. The van der Waals surface area contributed by atoms with E-state index in [1.54, 1.807) is 33.0 Å². The number of hydrogen-bond donors (Lipinski definition) is 1. The van der Waals surface area contributed by atoms with Crippen LogP contribution >= 0.6 is 0 Å². The van der Waals surface area contributed by atoms with Gasteiger partial charge in [0.15, 0.2) is 12.4 Å². The fourth-order valence-corrected chi connectivity index (χ4v) is 2.88. The first-order valence-electron chi connectivity index (χ1n) is 8.97. The van der Waals surface area contributed by atoms with Crippen LogP contribution in [0.2, 0.25) is 0 Å². The molecule has 0 aliphatic rings. The number of aryl methyl sites for hydroxylation is 2. The van der Waals surface area contributed by atoms with E-state index < -0.39 is 11.9 Å². The molecule has 2 N–H and O–H groups in total. The maximum absolute atomic E-state index is 12.3. The van der Waals surface area contributed by atoms with Gasteiger partial charge in [-0.15, -0.1) is 5.10 Å². The Morgan fingerprint density at radius 1 is 1.17 bits per heavy atom. The van der Waals surface area contributed by atoms with Crippen LogP contribution in [0.3, 0.4) is 0 Å². The fraction of sp³-hybridized carbons (Fsp3) is 0.278. The molecule has 0 aromatic carbocycles. The molecule has 154 valence electrons. The van der Waals surface area contributed by atoms with E-state index in [2.05, 4.69) is 25.0 Å². The van der Waals surface area contributed by atoms with Crippen LogP contribution in [0, 0.1) is 13.8 Å². The summed E-state index contributed by atoms with van der Waals surface area (Å²) in [5.74, 6) is -0.816. The van der Waals surface area contributed by atoms with Crippen LogP contribution in [-0.4, -0.2) is 48.1 Å². The van der Waals surface area contributed by atoms with E-state index in [4.69, 9.17) is 19.6 Å². The summed E-state index contributed by atoms with van der Waals surface area (Å²) in [6.45, 7) is 5.00. The van der Waals surface area contributed by atoms with Crippen LogP contribution in [-0.2, 0) is 16.1 Å². The number of rotatable bonds is 5. The van der Waals surface area contributed by atoms with E-state index >= 15 is 0 Å². The van der Waals surface area contributed by atoms with Crippen molar-refractivity contribution in [2.24, 2.45) is 0 Å². The average molecular weight is 411 g/mol.